The SMILES string of the molecule is CCCCC(CC)CNC(=O)c1csc(C(C)N)n1. The lowest BCUT2D eigenvalue weighted by molar-refractivity contribution is 0.0941. The molecule has 0 aliphatic rings. The maximum Gasteiger partial charge on any atom is 0.270 e. The number of carbonyl (C=O) groups excluding carboxylic acids is 1. The Hall–Kier alpha value is -0.940. The standard InChI is InChI=1S/C14H25N3OS/c1-4-6-7-11(5-2)8-16-13(18)12-9-19-14(17-12)10(3)15/h9-11H,4-8,15H2,1-3H3,(H,16,18). The van der Waals surface area contributed by atoms with Crippen molar-refractivity contribution in [2.75, 3.05) is 6.54 Å². The Bertz CT molecular complexity index is 390. The summed E-state index contributed by atoms with van der Waals surface area (Å²) in [5.74, 6) is 0.480. The second-order valence-corrected chi connectivity index (χ2v) is 5.88. The average Bonchev–Trinajstić information content (AvgIpc) is 2.88. The highest BCUT2D eigenvalue weighted by Crippen LogP contribution is 2.16. The summed E-state index contributed by atoms with van der Waals surface area (Å²) in [6.45, 7) is 6.97. The molecule has 0 aliphatic carbocycles. The Kier molecular flexibility index (Phi) is 7.02. The molecule has 0 aliphatic heterocycles. The third-order valence-corrected chi connectivity index (χ3v) is 4.28. The second-order valence-electron chi connectivity index (χ2n) is 4.99. The highest BCUT2D eigenvalue weighted by Gasteiger charge is 2.14. The Morgan fingerprint density at radius 2 is 2.26 bits per heavy atom. The van der Waals surface area contributed by atoms with E-state index in [1.165, 1.54) is 30.6 Å². The van der Waals surface area contributed by atoms with Crippen molar-refractivity contribution < 1.29 is 4.79 Å². The van der Waals surface area contributed by atoms with Crippen molar-refractivity contribution in [3.05, 3.63) is 16.1 Å². The smallest absolute Gasteiger partial charge is 0.270 e. The molecule has 2 atom stereocenters. The lowest BCUT2D eigenvalue weighted by Crippen LogP contribution is -2.29. The summed E-state index contributed by atoms with van der Waals surface area (Å²) in [6, 6.07) is -0.112. The van der Waals surface area contributed by atoms with E-state index in [1.54, 1.807) is 5.38 Å². The van der Waals surface area contributed by atoms with Crippen LogP contribution in [0.15, 0.2) is 5.38 Å². The summed E-state index contributed by atoms with van der Waals surface area (Å²) in [5, 5.41) is 5.56. The summed E-state index contributed by atoms with van der Waals surface area (Å²) < 4.78 is 0. The lowest BCUT2D eigenvalue weighted by atomic mass is 9.99. The van der Waals surface area contributed by atoms with Crippen molar-refractivity contribution >= 4 is 17.2 Å². The number of unbranched alkanes of at least 4 members (excludes halogenated alkanes) is 1. The summed E-state index contributed by atoms with van der Waals surface area (Å²) in [4.78, 5) is 16.2. The van der Waals surface area contributed by atoms with Gasteiger partial charge in [0.2, 0.25) is 0 Å². The van der Waals surface area contributed by atoms with Crippen LogP contribution >= 0.6 is 11.3 Å². The largest absolute Gasteiger partial charge is 0.350 e. The van der Waals surface area contributed by atoms with Crippen molar-refractivity contribution in [3.8, 4) is 0 Å². The van der Waals surface area contributed by atoms with E-state index in [4.69, 9.17) is 5.73 Å². The molecular weight excluding hydrogens is 258 g/mol. The molecule has 0 spiro atoms. The minimum Gasteiger partial charge on any atom is -0.350 e. The van der Waals surface area contributed by atoms with Gasteiger partial charge in [-0.2, -0.15) is 0 Å². The predicted octanol–water partition coefficient (Wildman–Crippen LogP) is 3.11. The first-order valence-electron chi connectivity index (χ1n) is 7.07. The number of rotatable bonds is 8. The fourth-order valence-electron chi connectivity index (χ4n) is 1.87. The van der Waals surface area contributed by atoms with Gasteiger partial charge in [-0.1, -0.05) is 33.1 Å². The topological polar surface area (TPSA) is 68.0 Å². The Labute approximate surface area is 119 Å². The van der Waals surface area contributed by atoms with Crippen molar-refractivity contribution in [1.82, 2.24) is 10.3 Å². The molecule has 19 heavy (non-hydrogen) atoms. The van der Waals surface area contributed by atoms with E-state index in [2.05, 4.69) is 24.1 Å². The Morgan fingerprint density at radius 1 is 1.53 bits per heavy atom. The first-order valence-corrected chi connectivity index (χ1v) is 7.95. The monoisotopic (exact) mass is 283 g/mol. The van der Waals surface area contributed by atoms with Crippen LogP contribution in [0.25, 0.3) is 0 Å². The lowest BCUT2D eigenvalue weighted by Gasteiger charge is -2.14. The first-order chi connectivity index (χ1) is 9.08. The molecule has 0 aromatic carbocycles. The number of amides is 1. The normalized spacial score (nSPS) is 14.1. The number of nitrogens with one attached hydrogen (secondary N) is 1. The summed E-state index contributed by atoms with van der Waals surface area (Å²) >= 11 is 1.44. The molecule has 5 heteroatoms. The molecule has 1 aromatic rings. The van der Waals surface area contributed by atoms with Crippen molar-refractivity contribution in [3.63, 3.8) is 0 Å². The van der Waals surface area contributed by atoms with E-state index in [0.717, 1.165) is 18.0 Å². The summed E-state index contributed by atoms with van der Waals surface area (Å²) in [7, 11) is 0. The van der Waals surface area contributed by atoms with E-state index in [0.29, 0.717) is 11.6 Å². The van der Waals surface area contributed by atoms with Crippen LogP contribution in [0.5, 0.6) is 0 Å². The molecule has 0 saturated heterocycles. The van der Waals surface area contributed by atoms with Gasteiger partial charge in [-0.05, 0) is 19.3 Å². The highest BCUT2D eigenvalue weighted by atomic mass is 32.1. The molecule has 4 nitrogen and oxygen atoms in total. The van der Waals surface area contributed by atoms with Crippen LogP contribution in [0.2, 0.25) is 0 Å². The van der Waals surface area contributed by atoms with Crippen LogP contribution in [0.4, 0.5) is 0 Å². The molecule has 1 amide bonds. The number of thiazole rings is 1. The van der Waals surface area contributed by atoms with Gasteiger partial charge >= 0.3 is 0 Å². The molecule has 0 radical (unpaired) electrons. The zero-order chi connectivity index (χ0) is 14.3. The molecule has 2 unspecified atom stereocenters. The quantitative estimate of drug-likeness (QED) is 0.770. The molecule has 1 rings (SSSR count). The molecule has 0 saturated carbocycles. The van der Waals surface area contributed by atoms with Gasteiger partial charge in [-0.15, -0.1) is 11.3 Å². The average molecular weight is 283 g/mol. The van der Waals surface area contributed by atoms with E-state index < -0.39 is 0 Å². The molecule has 0 fully saturated rings. The number of carbonyl (C=O) groups is 1. The second kappa shape index (κ2) is 8.27. The van der Waals surface area contributed by atoms with Gasteiger partial charge in [0.1, 0.15) is 10.7 Å². The van der Waals surface area contributed by atoms with E-state index >= 15 is 0 Å². The van der Waals surface area contributed by atoms with Crippen LogP contribution in [0, 0.1) is 5.92 Å². The molecule has 1 aromatic heterocycles. The minimum atomic E-state index is -0.112. The van der Waals surface area contributed by atoms with E-state index in [9.17, 15) is 4.79 Å². The highest BCUT2D eigenvalue weighted by molar-refractivity contribution is 7.09. The minimum absolute atomic E-state index is 0.0851. The molecule has 3 N–H and O–H groups in total. The fourth-order valence-corrected chi connectivity index (χ4v) is 2.63. The number of aromatic nitrogens is 1. The number of nitrogens with zero attached hydrogens (tertiary/aromatic N) is 1. The molecule has 0 bridgehead atoms. The Morgan fingerprint density at radius 3 is 2.79 bits per heavy atom. The summed E-state index contributed by atoms with van der Waals surface area (Å²) in [5.41, 5.74) is 6.23. The van der Waals surface area contributed by atoms with Crippen molar-refractivity contribution in [1.29, 1.82) is 0 Å². The van der Waals surface area contributed by atoms with Crippen LogP contribution < -0.4 is 11.1 Å². The maximum atomic E-state index is 12.0. The van der Waals surface area contributed by atoms with Gasteiger partial charge < -0.3 is 11.1 Å². The van der Waals surface area contributed by atoms with Crippen LogP contribution in [-0.2, 0) is 0 Å². The van der Waals surface area contributed by atoms with Gasteiger partial charge in [-0.25, -0.2) is 4.98 Å². The first kappa shape index (κ1) is 16.1. The molecular formula is C14H25N3OS. The number of hydrogen-bond acceptors (Lipinski definition) is 4. The van der Waals surface area contributed by atoms with Crippen molar-refractivity contribution in [2.45, 2.75) is 52.5 Å². The number of hydrogen-bond donors (Lipinski definition) is 2. The van der Waals surface area contributed by atoms with Crippen LogP contribution in [0.3, 0.4) is 0 Å². The van der Waals surface area contributed by atoms with E-state index in [-0.39, 0.29) is 11.9 Å². The fraction of sp³-hybridized carbons (Fsp3) is 0.714. The maximum absolute atomic E-state index is 12.0. The third-order valence-electron chi connectivity index (χ3n) is 3.24. The van der Waals surface area contributed by atoms with Crippen LogP contribution in [0.1, 0.15) is 68.0 Å². The zero-order valence-electron chi connectivity index (χ0n) is 12.1. The zero-order valence-corrected chi connectivity index (χ0v) is 12.9. The molecule has 108 valence electrons. The van der Waals surface area contributed by atoms with Gasteiger partial charge in [0.05, 0.1) is 6.04 Å². The Balaban J connectivity index is 2.45. The third kappa shape index (κ3) is 5.28. The number of nitrogens with two attached hydrogens (primary N) is 1. The van der Waals surface area contributed by atoms with E-state index in [1.807, 2.05) is 6.92 Å². The van der Waals surface area contributed by atoms with Crippen molar-refractivity contribution in [2.24, 2.45) is 11.7 Å². The van der Waals surface area contributed by atoms with Gasteiger partial charge in [0.25, 0.3) is 5.91 Å². The van der Waals surface area contributed by atoms with Gasteiger partial charge in [0, 0.05) is 11.9 Å². The predicted molar refractivity (Wildman–Crippen MR) is 80.4 cm³/mol. The van der Waals surface area contributed by atoms with Crippen LogP contribution in [-0.4, -0.2) is 17.4 Å². The van der Waals surface area contributed by atoms with Gasteiger partial charge in [-0.3, -0.25) is 4.79 Å². The molecule has 1 heterocycles. The van der Waals surface area contributed by atoms with Gasteiger partial charge in [0.15, 0.2) is 0 Å². The summed E-state index contributed by atoms with van der Waals surface area (Å²) in [6.07, 6.45) is 4.70.